The lowest BCUT2D eigenvalue weighted by Crippen LogP contribution is -2.45. The number of methoxy groups -OCH3 is 1. The molecule has 1 unspecified atom stereocenters. The van der Waals surface area contributed by atoms with Crippen molar-refractivity contribution in [2.75, 3.05) is 13.7 Å². The van der Waals surface area contributed by atoms with Gasteiger partial charge in [-0.25, -0.2) is 9.59 Å². The lowest BCUT2D eigenvalue weighted by molar-refractivity contribution is -0.143. The molecule has 2 N–H and O–H groups in total. The fraction of sp³-hybridized carbons (Fsp3) is 0.545. The number of benzene rings is 1. The van der Waals surface area contributed by atoms with Gasteiger partial charge < -0.3 is 24.8 Å². The summed E-state index contributed by atoms with van der Waals surface area (Å²) in [6, 6.07) is 4.42. The molecule has 0 aromatic heterocycles. The Kier molecular flexibility index (Phi) is 8.36. The summed E-state index contributed by atoms with van der Waals surface area (Å²) in [5.41, 5.74) is 1.55. The van der Waals surface area contributed by atoms with Gasteiger partial charge in [0, 0.05) is 5.70 Å². The minimum Gasteiger partial charge on any atom is -0.493 e. The summed E-state index contributed by atoms with van der Waals surface area (Å²) >= 11 is 0. The van der Waals surface area contributed by atoms with Crippen molar-refractivity contribution in [2.24, 2.45) is 0 Å². The van der Waals surface area contributed by atoms with Gasteiger partial charge in [-0.2, -0.15) is 0 Å². The smallest absolute Gasteiger partial charge is 0.338 e. The van der Waals surface area contributed by atoms with Crippen molar-refractivity contribution in [1.82, 2.24) is 10.6 Å². The van der Waals surface area contributed by atoms with E-state index < -0.39 is 12.0 Å². The van der Waals surface area contributed by atoms with Gasteiger partial charge in [0.2, 0.25) is 0 Å². The Morgan fingerprint density at radius 1 is 1.17 bits per heavy atom. The summed E-state index contributed by atoms with van der Waals surface area (Å²) in [4.78, 5) is 24.7. The van der Waals surface area contributed by atoms with E-state index in [4.69, 9.17) is 14.2 Å². The highest BCUT2D eigenvalue weighted by Gasteiger charge is 2.33. The number of unbranched alkanes of at least 4 members (excludes halogenated alkanes) is 3. The van der Waals surface area contributed by atoms with Gasteiger partial charge in [-0.15, -0.1) is 0 Å². The normalized spacial score (nSPS) is 16.3. The number of carbonyl (C=O) groups excluding carboxylic acids is 2. The number of allylic oxidation sites excluding steroid dienone is 1. The van der Waals surface area contributed by atoms with Gasteiger partial charge in [-0.3, -0.25) is 0 Å². The maximum atomic E-state index is 12.6. The standard InChI is InChI=1S/C22H32N2O5/c1-6-7-8-9-12-28-17-11-10-16(13-18(17)27-5)20-19(21(25)29-14(2)3)15(4)23-22(26)24-20/h10-11,13-14,20H,6-9,12H2,1-5H3,(H2,23,24,26). The molecule has 29 heavy (non-hydrogen) atoms. The average molecular weight is 405 g/mol. The SMILES string of the molecule is CCCCCCOc1ccc(C2NC(=O)NC(C)=C2C(=O)OC(C)C)cc1OC. The molecule has 1 aliphatic heterocycles. The average Bonchev–Trinajstić information content (AvgIpc) is 2.66. The van der Waals surface area contributed by atoms with Gasteiger partial charge in [0.1, 0.15) is 0 Å². The fourth-order valence-electron chi connectivity index (χ4n) is 3.19. The highest BCUT2D eigenvalue weighted by Crippen LogP contribution is 2.34. The first-order chi connectivity index (χ1) is 13.9. The molecular weight excluding hydrogens is 372 g/mol. The molecule has 0 spiro atoms. The summed E-state index contributed by atoms with van der Waals surface area (Å²) in [5, 5.41) is 5.44. The molecule has 0 saturated carbocycles. The molecule has 0 saturated heterocycles. The molecule has 1 aromatic carbocycles. The Morgan fingerprint density at radius 3 is 2.59 bits per heavy atom. The number of urea groups is 1. The van der Waals surface area contributed by atoms with Crippen molar-refractivity contribution in [3.63, 3.8) is 0 Å². The summed E-state index contributed by atoms with van der Waals surface area (Å²) in [5.74, 6) is 0.727. The first kappa shape index (κ1) is 22.6. The Labute approximate surface area is 172 Å². The van der Waals surface area contributed by atoms with Crippen molar-refractivity contribution in [3.05, 3.63) is 35.0 Å². The second-order valence-electron chi connectivity index (χ2n) is 7.34. The van der Waals surface area contributed by atoms with E-state index in [1.165, 1.54) is 12.8 Å². The van der Waals surface area contributed by atoms with Crippen LogP contribution in [0, 0.1) is 0 Å². The zero-order chi connectivity index (χ0) is 21.4. The molecule has 1 aliphatic rings. The van der Waals surface area contributed by atoms with Crippen LogP contribution < -0.4 is 20.1 Å². The van der Waals surface area contributed by atoms with Crippen molar-refractivity contribution in [1.29, 1.82) is 0 Å². The van der Waals surface area contributed by atoms with Crippen LogP contribution in [-0.2, 0) is 9.53 Å². The van der Waals surface area contributed by atoms with E-state index in [2.05, 4.69) is 17.6 Å². The molecule has 160 valence electrons. The number of nitrogens with one attached hydrogen (secondary N) is 2. The number of hydrogen-bond donors (Lipinski definition) is 2. The first-order valence-electron chi connectivity index (χ1n) is 10.2. The zero-order valence-corrected chi connectivity index (χ0v) is 18.0. The Morgan fingerprint density at radius 2 is 1.93 bits per heavy atom. The molecule has 2 amide bonds. The third-order valence-corrected chi connectivity index (χ3v) is 4.61. The Hall–Kier alpha value is -2.70. The van der Waals surface area contributed by atoms with Crippen LogP contribution in [0.2, 0.25) is 0 Å². The van der Waals surface area contributed by atoms with E-state index in [-0.39, 0.29) is 12.1 Å². The number of rotatable bonds is 10. The summed E-state index contributed by atoms with van der Waals surface area (Å²) < 4.78 is 16.7. The van der Waals surface area contributed by atoms with Crippen LogP contribution in [0.15, 0.2) is 29.5 Å². The van der Waals surface area contributed by atoms with Crippen LogP contribution in [0.25, 0.3) is 0 Å². The van der Waals surface area contributed by atoms with E-state index in [1.807, 2.05) is 12.1 Å². The minimum absolute atomic E-state index is 0.265. The molecule has 0 fully saturated rings. The van der Waals surface area contributed by atoms with Crippen LogP contribution in [0.5, 0.6) is 11.5 Å². The van der Waals surface area contributed by atoms with Crippen LogP contribution in [0.1, 0.15) is 65.0 Å². The number of hydrogen-bond acceptors (Lipinski definition) is 5. The number of amides is 2. The van der Waals surface area contributed by atoms with Crippen LogP contribution in [0.4, 0.5) is 4.79 Å². The van der Waals surface area contributed by atoms with E-state index in [0.717, 1.165) is 12.8 Å². The minimum atomic E-state index is -0.637. The number of esters is 1. The van der Waals surface area contributed by atoms with E-state index in [0.29, 0.717) is 34.9 Å². The highest BCUT2D eigenvalue weighted by atomic mass is 16.5. The summed E-state index contributed by atoms with van der Waals surface area (Å²) in [6.07, 6.45) is 4.21. The Balaban J connectivity index is 2.25. The second kappa shape index (κ2) is 10.7. The maximum Gasteiger partial charge on any atom is 0.338 e. The number of ether oxygens (including phenoxy) is 3. The quantitative estimate of drug-likeness (QED) is 0.450. The third-order valence-electron chi connectivity index (χ3n) is 4.61. The van der Waals surface area contributed by atoms with Gasteiger partial charge in [0.15, 0.2) is 11.5 Å². The van der Waals surface area contributed by atoms with Gasteiger partial charge in [0.25, 0.3) is 0 Å². The van der Waals surface area contributed by atoms with Crippen molar-refractivity contribution in [3.8, 4) is 11.5 Å². The molecule has 2 rings (SSSR count). The molecular formula is C22H32N2O5. The maximum absolute atomic E-state index is 12.6. The van der Waals surface area contributed by atoms with Crippen molar-refractivity contribution >= 4 is 12.0 Å². The molecule has 1 aromatic rings. The predicted octanol–water partition coefficient (Wildman–Crippen LogP) is 4.23. The van der Waals surface area contributed by atoms with Crippen molar-refractivity contribution in [2.45, 2.75) is 65.5 Å². The van der Waals surface area contributed by atoms with E-state index >= 15 is 0 Å². The Bertz CT molecular complexity index is 758. The lowest BCUT2D eigenvalue weighted by Gasteiger charge is -2.29. The largest absolute Gasteiger partial charge is 0.493 e. The molecule has 7 nitrogen and oxygen atoms in total. The monoisotopic (exact) mass is 404 g/mol. The molecule has 0 aliphatic carbocycles. The van der Waals surface area contributed by atoms with Crippen molar-refractivity contribution < 1.29 is 23.8 Å². The lowest BCUT2D eigenvalue weighted by atomic mass is 9.95. The molecule has 1 atom stereocenters. The predicted molar refractivity (Wildman–Crippen MR) is 111 cm³/mol. The highest BCUT2D eigenvalue weighted by molar-refractivity contribution is 5.95. The van der Waals surface area contributed by atoms with Crippen LogP contribution in [-0.4, -0.2) is 31.8 Å². The molecule has 1 heterocycles. The topological polar surface area (TPSA) is 85.9 Å². The van der Waals surface area contributed by atoms with Crippen LogP contribution in [0.3, 0.4) is 0 Å². The van der Waals surface area contributed by atoms with Gasteiger partial charge in [-0.05, 0) is 44.9 Å². The van der Waals surface area contributed by atoms with Gasteiger partial charge in [-0.1, -0.05) is 32.3 Å². The molecule has 7 heteroatoms. The summed E-state index contributed by atoms with van der Waals surface area (Å²) in [7, 11) is 1.57. The van der Waals surface area contributed by atoms with E-state index in [9.17, 15) is 9.59 Å². The van der Waals surface area contributed by atoms with Gasteiger partial charge >= 0.3 is 12.0 Å². The number of carbonyl (C=O) groups is 2. The second-order valence-corrected chi connectivity index (χ2v) is 7.34. The fourth-order valence-corrected chi connectivity index (χ4v) is 3.19. The van der Waals surface area contributed by atoms with Crippen LogP contribution >= 0.6 is 0 Å². The molecule has 0 bridgehead atoms. The zero-order valence-electron chi connectivity index (χ0n) is 18.0. The summed E-state index contributed by atoms with van der Waals surface area (Å²) in [6.45, 7) is 8.04. The van der Waals surface area contributed by atoms with E-state index in [1.54, 1.807) is 33.9 Å². The third kappa shape index (κ3) is 6.14. The van der Waals surface area contributed by atoms with Gasteiger partial charge in [0.05, 0.1) is 31.4 Å². The first-order valence-corrected chi connectivity index (χ1v) is 10.2. The molecule has 0 radical (unpaired) electrons.